The van der Waals surface area contributed by atoms with Crippen LogP contribution in [0.3, 0.4) is 0 Å². The van der Waals surface area contributed by atoms with Crippen LogP contribution in [0.1, 0.15) is 35.1 Å². The van der Waals surface area contributed by atoms with Gasteiger partial charge in [0.1, 0.15) is 11.3 Å². The number of pyridine rings is 1. The number of anilines is 1. The molecule has 1 aliphatic rings. The number of amides is 1. The Kier molecular flexibility index (Phi) is 4.26. The zero-order valence-corrected chi connectivity index (χ0v) is 17.2. The summed E-state index contributed by atoms with van der Waals surface area (Å²) in [5, 5.41) is 8.67. The third kappa shape index (κ3) is 3.42. The van der Waals surface area contributed by atoms with Crippen molar-refractivity contribution in [3.63, 3.8) is 0 Å². The molecule has 1 aliphatic carbocycles. The highest BCUT2D eigenvalue weighted by Crippen LogP contribution is 2.48. The first-order chi connectivity index (χ1) is 16.0. The van der Waals surface area contributed by atoms with Crippen LogP contribution in [0.5, 0.6) is 0 Å². The van der Waals surface area contributed by atoms with E-state index >= 15 is 0 Å². The van der Waals surface area contributed by atoms with Gasteiger partial charge in [0.15, 0.2) is 0 Å². The van der Waals surface area contributed by atoms with Gasteiger partial charge >= 0.3 is 0 Å². The molecule has 1 N–H and O–H groups in total. The second-order valence-electron chi connectivity index (χ2n) is 8.19. The molecular weight excluding hydrogens is 428 g/mol. The van der Waals surface area contributed by atoms with E-state index in [0.29, 0.717) is 22.6 Å². The molecule has 6 rings (SSSR count). The number of alkyl halides is 2. The van der Waals surface area contributed by atoms with Gasteiger partial charge in [-0.3, -0.25) is 9.20 Å². The number of hydrogen-bond acceptors (Lipinski definition) is 5. The molecule has 164 valence electrons. The number of carbonyl (C=O) groups is 1. The summed E-state index contributed by atoms with van der Waals surface area (Å²) < 4.78 is 33.4. The molecule has 7 nitrogen and oxygen atoms in total. The van der Waals surface area contributed by atoms with Crippen LogP contribution in [0.4, 0.5) is 14.5 Å². The minimum Gasteiger partial charge on any atom is -0.339 e. The van der Waals surface area contributed by atoms with E-state index in [-0.39, 0.29) is 30.5 Å². The van der Waals surface area contributed by atoms with Crippen molar-refractivity contribution in [2.45, 2.75) is 24.7 Å². The maximum absolute atomic E-state index is 13.2. The van der Waals surface area contributed by atoms with E-state index in [9.17, 15) is 13.6 Å². The summed E-state index contributed by atoms with van der Waals surface area (Å²) in [5.41, 5.74) is 2.25. The Hall–Kier alpha value is -4.14. The topological polar surface area (TPSA) is 85.3 Å². The number of imidazole rings is 1. The maximum Gasteiger partial charge on any atom is 0.274 e. The Labute approximate surface area is 186 Å². The molecule has 9 heteroatoms. The average Bonchev–Trinajstić information content (AvgIpc) is 3.45. The highest BCUT2D eigenvalue weighted by Gasteiger charge is 2.48. The molecule has 2 aromatic carbocycles. The molecule has 0 spiro atoms. The van der Waals surface area contributed by atoms with Gasteiger partial charge in [-0.1, -0.05) is 35.5 Å². The SMILES string of the molecule is O=C(Nc1cc(-c2noc(C3CC(F)(F)C3)n2)cc2ccccc12)c1cnc2ccccn12. The van der Waals surface area contributed by atoms with E-state index in [0.717, 1.165) is 10.8 Å². The van der Waals surface area contributed by atoms with Crippen molar-refractivity contribution < 1.29 is 18.1 Å². The van der Waals surface area contributed by atoms with Crippen molar-refractivity contribution in [3.8, 4) is 11.4 Å². The summed E-state index contributed by atoms with van der Waals surface area (Å²) >= 11 is 0. The number of halogens is 2. The molecule has 5 aromatic rings. The summed E-state index contributed by atoms with van der Waals surface area (Å²) in [6, 6.07) is 16.7. The van der Waals surface area contributed by atoms with Crippen molar-refractivity contribution in [1.29, 1.82) is 0 Å². The van der Waals surface area contributed by atoms with Crippen LogP contribution in [0.15, 0.2) is 71.5 Å². The lowest BCUT2D eigenvalue weighted by molar-refractivity contribution is -0.0925. The number of rotatable bonds is 4. The van der Waals surface area contributed by atoms with E-state index in [1.807, 2.05) is 48.5 Å². The molecule has 1 amide bonds. The molecule has 0 atom stereocenters. The normalized spacial score (nSPS) is 15.6. The van der Waals surface area contributed by atoms with Gasteiger partial charge in [-0.15, -0.1) is 0 Å². The number of carbonyl (C=O) groups excluding carboxylic acids is 1. The van der Waals surface area contributed by atoms with Gasteiger partial charge in [0.05, 0.1) is 6.20 Å². The second-order valence-corrected chi connectivity index (χ2v) is 8.19. The Morgan fingerprint density at radius 1 is 1.12 bits per heavy atom. The number of hydrogen-bond donors (Lipinski definition) is 1. The Balaban J connectivity index is 1.36. The van der Waals surface area contributed by atoms with Crippen LogP contribution in [-0.2, 0) is 0 Å². The number of fused-ring (bicyclic) bond motifs is 2. The van der Waals surface area contributed by atoms with Gasteiger partial charge in [-0.2, -0.15) is 4.98 Å². The Morgan fingerprint density at radius 2 is 1.94 bits per heavy atom. The maximum atomic E-state index is 13.2. The minimum absolute atomic E-state index is 0.209. The van der Waals surface area contributed by atoms with Crippen LogP contribution in [-0.4, -0.2) is 31.4 Å². The van der Waals surface area contributed by atoms with Crippen molar-refractivity contribution in [3.05, 3.63) is 78.6 Å². The van der Waals surface area contributed by atoms with E-state index in [1.165, 1.54) is 6.20 Å². The van der Waals surface area contributed by atoms with Crippen molar-refractivity contribution in [1.82, 2.24) is 19.5 Å². The lowest BCUT2D eigenvalue weighted by Gasteiger charge is -2.31. The number of nitrogens with zero attached hydrogens (tertiary/aromatic N) is 4. The number of nitrogens with one attached hydrogen (secondary N) is 1. The summed E-state index contributed by atoms with van der Waals surface area (Å²) in [5.74, 6) is -2.92. The fourth-order valence-electron chi connectivity index (χ4n) is 4.18. The summed E-state index contributed by atoms with van der Waals surface area (Å²) in [4.78, 5) is 21.7. The zero-order valence-electron chi connectivity index (χ0n) is 17.2. The van der Waals surface area contributed by atoms with E-state index < -0.39 is 11.8 Å². The standard InChI is InChI=1S/C24H17F2N5O2/c25-24(26)11-16(12-24)23-29-21(30-33-23)15-9-14-5-1-2-6-17(14)18(10-15)28-22(32)19-13-27-20-7-3-4-8-31(19)20/h1-10,13,16H,11-12H2,(H,28,32). The zero-order chi connectivity index (χ0) is 22.6. The van der Waals surface area contributed by atoms with E-state index in [1.54, 1.807) is 16.7 Å². The van der Waals surface area contributed by atoms with Gasteiger partial charge in [-0.25, -0.2) is 13.8 Å². The lowest BCUT2D eigenvalue weighted by Crippen LogP contribution is -2.33. The molecule has 0 unspecified atom stereocenters. The monoisotopic (exact) mass is 445 g/mol. The first kappa shape index (κ1) is 19.5. The van der Waals surface area contributed by atoms with Crippen LogP contribution in [0.2, 0.25) is 0 Å². The molecule has 3 aromatic heterocycles. The van der Waals surface area contributed by atoms with Gasteiger partial charge in [0.25, 0.3) is 5.91 Å². The highest BCUT2D eigenvalue weighted by atomic mass is 19.3. The minimum atomic E-state index is -2.67. The number of aromatic nitrogens is 4. The predicted octanol–water partition coefficient (Wildman–Crippen LogP) is 5.30. The number of benzene rings is 2. The van der Waals surface area contributed by atoms with Crippen LogP contribution >= 0.6 is 0 Å². The molecular formula is C24H17F2N5O2. The smallest absolute Gasteiger partial charge is 0.274 e. The fourth-order valence-corrected chi connectivity index (χ4v) is 4.18. The van der Waals surface area contributed by atoms with E-state index in [4.69, 9.17) is 4.52 Å². The van der Waals surface area contributed by atoms with Crippen molar-refractivity contribution in [2.24, 2.45) is 0 Å². The van der Waals surface area contributed by atoms with Gasteiger partial charge in [0, 0.05) is 41.6 Å². The lowest BCUT2D eigenvalue weighted by atomic mass is 9.81. The molecule has 0 saturated heterocycles. The molecule has 1 saturated carbocycles. The van der Waals surface area contributed by atoms with Crippen LogP contribution in [0.25, 0.3) is 27.8 Å². The largest absolute Gasteiger partial charge is 0.339 e. The predicted molar refractivity (Wildman–Crippen MR) is 117 cm³/mol. The van der Waals surface area contributed by atoms with Crippen LogP contribution in [0, 0.1) is 0 Å². The highest BCUT2D eigenvalue weighted by molar-refractivity contribution is 6.09. The molecule has 0 radical (unpaired) electrons. The molecule has 1 fully saturated rings. The molecule has 3 heterocycles. The van der Waals surface area contributed by atoms with E-state index in [2.05, 4.69) is 20.4 Å². The first-order valence-corrected chi connectivity index (χ1v) is 10.4. The summed E-state index contributed by atoms with van der Waals surface area (Å²) in [6.45, 7) is 0. The Morgan fingerprint density at radius 3 is 2.79 bits per heavy atom. The molecule has 0 bridgehead atoms. The second kappa shape index (κ2) is 7.19. The van der Waals surface area contributed by atoms with Crippen LogP contribution < -0.4 is 5.32 Å². The fraction of sp³-hybridized carbons (Fsp3) is 0.167. The van der Waals surface area contributed by atoms with Crippen molar-refractivity contribution in [2.75, 3.05) is 5.32 Å². The quantitative estimate of drug-likeness (QED) is 0.406. The Bertz CT molecular complexity index is 1520. The van der Waals surface area contributed by atoms with Gasteiger partial charge < -0.3 is 9.84 Å². The summed E-state index contributed by atoms with van der Waals surface area (Å²) in [6.07, 6.45) is 2.73. The van der Waals surface area contributed by atoms with Crippen molar-refractivity contribution >= 4 is 28.0 Å². The third-order valence-corrected chi connectivity index (χ3v) is 5.90. The first-order valence-electron chi connectivity index (χ1n) is 10.4. The molecule has 0 aliphatic heterocycles. The third-order valence-electron chi connectivity index (χ3n) is 5.90. The van der Waals surface area contributed by atoms with Gasteiger partial charge in [-0.05, 0) is 29.7 Å². The average molecular weight is 445 g/mol. The van der Waals surface area contributed by atoms with Gasteiger partial charge in [0.2, 0.25) is 17.6 Å². The molecule has 33 heavy (non-hydrogen) atoms. The summed E-state index contributed by atoms with van der Waals surface area (Å²) in [7, 11) is 0.